The minimum absolute atomic E-state index is 0.524. The van der Waals surface area contributed by atoms with E-state index >= 15 is 0 Å². The number of alkyl halides is 1. The van der Waals surface area contributed by atoms with E-state index in [-0.39, 0.29) is 0 Å². The van der Waals surface area contributed by atoms with Gasteiger partial charge >= 0.3 is 0 Å². The maximum atomic E-state index is 5.91. The Morgan fingerprint density at radius 2 is 2.05 bits per heavy atom. The minimum atomic E-state index is 0.524. The molecule has 5 heteroatoms. The Hall–Kier alpha value is -1.63. The smallest absolute Gasteiger partial charge is 0.220 e. The van der Waals surface area contributed by atoms with Crippen molar-refractivity contribution in [3.63, 3.8) is 0 Å². The molecule has 0 radical (unpaired) electrons. The fourth-order valence-corrected chi connectivity index (χ4v) is 2.86. The van der Waals surface area contributed by atoms with Crippen LogP contribution in [0.5, 0.6) is 5.88 Å². The molecule has 0 bridgehead atoms. The van der Waals surface area contributed by atoms with Gasteiger partial charge in [0.25, 0.3) is 0 Å². The summed E-state index contributed by atoms with van der Waals surface area (Å²) in [4.78, 5) is 12.0. The van der Waals surface area contributed by atoms with Gasteiger partial charge in [0.1, 0.15) is 12.1 Å². The van der Waals surface area contributed by atoms with Crippen molar-refractivity contribution in [3.8, 4) is 5.88 Å². The summed E-state index contributed by atoms with van der Waals surface area (Å²) in [6.45, 7) is 2.48. The van der Waals surface area contributed by atoms with E-state index in [0.717, 1.165) is 32.3 Å². The number of nitrogens with zero attached hydrogens (tertiary/aromatic N) is 2. The van der Waals surface area contributed by atoms with Crippen molar-refractivity contribution in [2.24, 2.45) is 0 Å². The second kappa shape index (κ2) is 5.78. The van der Waals surface area contributed by atoms with Gasteiger partial charge in [-0.25, -0.2) is 9.97 Å². The van der Waals surface area contributed by atoms with Crippen molar-refractivity contribution in [1.82, 2.24) is 15.0 Å². The SMILES string of the molecule is Cc1nc(OCc2ccccc2)c(CI)c2[nH]cnc12. The number of aromatic nitrogens is 3. The fraction of sp³-hybridized carbons (Fsp3) is 0.200. The van der Waals surface area contributed by atoms with Crippen LogP contribution in [0, 0.1) is 6.92 Å². The third-order valence-electron chi connectivity index (χ3n) is 3.16. The summed E-state index contributed by atoms with van der Waals surface area (Å²) < 4.78 is 6.74. The van der Waals surface area contributed by atoms with Gasteiger partial charge in [-0.3, -0.25) is 0 Å². The number of halogens is 1. The molecule has 0 amide bonds. The normalized spacial score (nSPS) is 10.9. The van der Waals surface area contributed by atoms with Gasteiger partial charge in [0.2, 0.25) is 5.88 Å². The molecule has 0 aliphatic rings. The lowest BCUT2D eigenvalue weighted by Gasteiger charge is -2.11. The summed E-state index contributed by atoms with van der Waals surface area (Å²) in [6.07, 6.45) is 1.70. The molecule has 4 nitrogen and oxygen atoms in total. The number of fused-ring (bicyclic) bond motifs is 1. The molecule has 3 aromatic rings. The minimum Gasteiger partial charge on any atom is -0.473 e. The van der Waals surface area contributed by atoms with Crippen LogP contribution in [-0.2, 0) is 11.0 Å². The first-order valence-corrected chi connectivity index (χ1v) is 7.87. The molecule has 0 atom stereocenters. The Morgan fingerprint density at radius 1 is 1.25 bits per heavy atom. The Morgan fingerprint density at radius 3 is 2.80 bits per heavy atom. The maximum Gasteiger partial charge on any atom is 0.220 e. The molecule has 0 fully saturated rings. The number of aryl methyl sites for hydroxylation is 1. The highest BCUT2D eigenvalue weighted by Gasteiger charge is 2.14. The van der Waals surface area contributed by atoms with E-state index in [1.165, 1.54) is 0 Å². The van der Waals surface area contributed by atoms with Crippen LogP contribution in [0.3, 0.4) is 0 Å². The third-order valence-corrected chi connectivity index (χ3v) is 3.93. The van der Waals surface area contributed by atoms with E-state index in [2.05, 4.69) is 37.5 Å². The molecule has 3 rings (SSSR count). The number of hydrogen-bond donors (Lipinski definition) is 1. The predicted octanol–water partition coefficient (Wildman–Crippen LogP) is 3.78. The standard InChI is InChI=1S/C15H14IN3O/c1-10-13-14(18-9-17-13)12(7-16)15(19-10)20-8-11-5-3-2-4-6-11/h2-6,9H,7-8H2,1H3,(H,17,18). The molecule has 0 aliphatic carbocycles. The first kappa shape index (κ1) is 13.4. The van der Waals surface area contributed by atoms with Gasteiger partial charge < -0.3 is 9.72 Å². The van der Waals surface area contributed by atoms with Gasteiger partial charge in [-0.1, -0.05) is 52.9 Å². The van der Waals surface area contributed by atoms with Gasteiger partial charge in [0.05, 0.1) is 17.5 Å². The monoisotopic (exact) mass is 379 g/mol. The summed E-state index contributed by atoms with van der Waals surface area (Å²) in [6, 6.07) is 10.1. The predicted molar refractivity (Wildman–Crippen MR) is 87.1 cm³/mol. The number of H-pyrrole nitrogens is 1. The van der Waals surface area contributed by atoms with Crippen LogP contribution in [0.2, 0.25) is 0 Å². The molecule has 0 saturated heterocycles. The van der Waals surface area contributed by atoms with Crippen molar-refractivity contribution in [2.45, 2.75) is 18.0 Å². The molecule has 2 aromatic heterocycles. The molecule has 102 valence electrons. The highest BCUT2D eigenvalue weighted by Crippen LogP contribution is 2.28. The van der Waals surface area contributed by atoms with E-state index in [4.69, 9.17) is 4.74 Å². The van der Waals surface area contributed by atoms with Crippen LogP contribution in [0.15, 0.2) is 36.7 Å². The third kappa shape index (κ3) is 2.49. The zero-order valence-corrected chi connectivity index (χ0v) is 13.2. The number of rotatable bonds is 4. The molecule has 1 N–H and O–H groups in total. The zero-order chi connectivity index (χ0) is 13.9. The van der Waals surface area contributed by atoms with E-state index in [1.807, 2.05) is 37.3 Å². The van der Waals surface area contributed by atoms with Crippen molar-refractivity contribution < 1.29 is 4.74 Å². The topological polar surface area (TPSA) is 50.8 Å². The van der Waals surface area contributed by atoms with Crippen LogP contribution in [0.4, 0.5) is 0 Å². The quantitative estimate of drug-likeness (QED) is 0.555. The molecule has 0 saturated carbocycles. The highest BCUT2D eigenvalue weighted by atomic mass is 127. The van der Waals surface area contributed by atoms with Crippen molar-refractivity contribution in [3.05, 3.63) is 53.5 Å². The molecular weight excluding hydrogens is 365 g/mol. The van der Waals surface area contributed by atoms with Crippen LogP contribution in [0.1, 0.15) is 16.8 Å². The van der Waals surface area contributed by atoms with E-state index in [9.17, 15) is 0 Å². The average Bonchev–Trinajstić information content (AvgIpc) is 2.96. The number of nitrogens with one attached hydrogen (secondary N) is 1. The van der Waals surface area contributed by atoms with Crippen LogP contribution >= 0.6 is 22.6 Å². The number of hydrogen-bond acceptors (Lipinski definition) is 3. The van der Waals surface area contributed by atoms with Gasteiger partial charge in [0.15, 0.2) is 0 Å². The second-order valence-corrected chi connectivity index (χ2v) is 5.28. The summed E-state index contributed by atoms with van der Waals surface area (Å²) in [7, 11) is 0. The Labute approximate surface area is 130 Å². The summed E-state index contributed by atoms with van der Waals surface area (Å²) in [5.74, 6) is 0.692. The van der Waals surface area contributed by atoms with Crippen molar-refractivity contribution in [2.75, 3.05) is 0 Å². The maximum absolute atomic E-state index is 5.91. The fourth-order valence-electron chi connectivity index (χ4n) is 2.15. The average molecular weight is 379 g/mol. The molecule has 0 unspecified atom stereocenters. The van der Waals surface area contributed by atoms with Crippen molar-refractivity contribution >= 4 is 33.6 Å². The highest BCUT2D eigenvalue weighted by molar-refractivity contribution is 14.1. The summed E-state index contributed by atoms with van der Waals surface area (Å²) in [5, 5.41) is 0. The summed E-state index contributed by atoms with van der Waals surface area (Å²) in [5.41, 5.74) is 5.03. The first-order valence-electron chi connectivity index (χ1n) is 6.35. The molecule has 2 heterocycles. The first-order chi connectivity index (χ1) is 9.79. The number of imidazole rings is 1. The molecule has 20 heavy (non-hydrogen) atoms. The number of benzene rings is 1. The Kier molecular flexibility index (Phi) is 3.86. The largest absolute Gasteiger partial charge is 0.473 e. The molecule has 0 spiro atoms. The van der Waals surface area contributed by atoms with Gasteiger partial charge in [-0.05, 0) is 12.5 Å². The number of pyridine rings is 1. The lowest BCUT2D eigenvalue weighted by Crippen LogP contribution is -2.02. The molecular formula is C15H14IN3O. The Bertz CT molecular complexity index is 725. The second-order valence-electron chi connectivity index (χ2n) is 4.51. The molecule has 1 aromatic carbocycles. The van der Waals surface area contributed by atoms with E-state index in [0.29, 0.717) is 12.5 Å². The number of ether oxygens (including phenoxy) is 1. The van der Waals surface area contributed by atoms with Gasteiger partial charge in [-0.15, -0.1) is 0 Å². The van der Waals surface area contributed by atoms with Crippen LogP contribution in [-0.4, -0.2) is 15.0 Å². The lowest BCUT2D eigenvalue weighted by molar-refractivity contribution is 0.291. The lowest BCUT2D eigenvalue weighted by atomic mass is 10.2. The van der Waals surface area contributed by atoms with E-state index < -0.39 is 0 Å². The summed E-state index contributed by atoms with van der Waals surface area (Å²) >= 11 is 2.32. The van der Waals surface area contributed by atoms with Crippen LogP contribution < -0.4 is 4.74 Å². The Balaban J connectivity index is 1.94. The zero-order valence-electron chi connectivity index (χ0n) is 11.1. The van der Waals surface area contributed by atoms with E-state index in [1.54, 1.807) is 6.33 Å². The van der Waals surface area contributed by atoms with Crippen LogP contribution in [0.25, 0.3) is 11.0 Å². The van der Waals surface area contributed by atoms with Gasteiger partial charge in [-0.2, -0.15) is 0 Å². The van der Waals surface area contributed by atoms with Crippen molar-refractivity contribution in [1.29, 1.82) is 0 Å². The number of aromatic amines is 1. The van der Waals surface area contributed by atoms with Gasteiger partial charge in [0, 0.05) is 9.99 Å². The molecule has 0 aliphatic heterocycles.